The van der Waals surface area contributed by atoms with Crippen LogP contribution in [0.1, 0.15) is 52.4 Å². The van der Waals surface area contributed by atoms with Crippen LogP contribution >= 0.6 is 12.0 Å². The third-order valence-electron chi connectivity index (χ3n) is 2.14. The molecule has 1 rings (SSSR count). The summed E-state index contributed by atoms with van der Waals surface area (Å²) in [4.78, 5) is 0.270. The number of unbranched alkanes of at least 4 members (excludes halogenated alkanes) is 2. The van der Waals surface area contributed by atoms with Crippen molar-refractivity contribution in [2.45, 2.75) is 57.3 Å². The zero-order valence-corrected chi connectivity index (χ0v) is 8.38. The SMILES string of the molecule is CCCCC1(CCCC)OS1. The Hall–Kier alpha value is 0.310. The maximum absolute atomic E-state index is 5.42. The minimum atomic E-state index is 0.270. The first-order valence-corrected chi connectivity index (χ1v) is 5.44. The fraction of sp³-hybridized carbons (Fsp3) is 1.00. The van der Waals surface area contributed by atoms with E-state index in [9.17, 15) is 0 Å². The number of hydrogen-bond acceptors (Lipinski definition) is 2. The van der Waals surface area contributed by atoms with E-state index in [1.165, 1.54) is 38.5 Å². The van der Waals surface area contributed by atoms with Crippen LogP contribution in [0.15, 0.2) is 0 Å². The Kier molecular flexibility index (Phi) is 3.73. The summed E-state index contributed by atoms with van der Waals surface area (Å²) in [6.07, 6.45) is 7.73. The van der Waals surface area contributed by atoms with Gasteiger partial charge in [0.1, 0.15) is 0 Å². The summed E-state index contributed by atoms with van der Waals surface area (Å²) >= 11 is 1.70. The van der Waals surface area contributed by atoms with Crippen LogP contribution in [0.2, 0.25) is 0 Å². The van der Waals surface area contributed by atoms with Crippen molar-refractivity contribution in [1.29, 1.82) is 0 Å². The van der Waals surface area contributed by atoms with Crippen LogP contribution in [0.5, 0.6) is 0 Å². The van der Waals surface area contributed by atoms with Crippen LogP contribution in [0, 0.1) is 0 Å². The lowest BCUT2D eigenvalue weighted by molar-refractivity contribution is 0.272. The van der Waals surface area contributed by atoms with Crippen molar-refractivity contribution < 1.29 is 4.18 Å². The fourth-order valence-corrected chi connectivity index (χ4v) is 1.98. The highest BCUT2D eigenvalue weighted by molar-refractivity contribution is 8.01. The Balaban J connectivity index is 2.08. The molecule has 2 heteroatoms. The predicted octanol–water partition coefficient (Wildman–Crippen LogP) is 3.74. The van der Waals surface area contributed by atoms with Crippen LogP contribution in [-0.4, -0.2) is 4.93 Å². The van der Waals surface area contributed by atoms with E-state index in [2.05, 4.69) is 13.8 Å². The topological polar surface area (TPSA) is 12.5 Å². The van der Waals surface area contributed by atoms with Gasteiger partial charge in [0.05, 0.1) is 0 Å². The highest BCUT2D eigenvalue weighted by Gasteiger charge is 2.45. The van der Waals surface area contributed by atoms with Crippen molar-refractivity contribution in [3.8, 4) is 0 Å². The predicted molar refractivity (Wildman–Crippen MR) is 50.5 cm³/mol. The van der Waals surface area contributed by atoms with E-state index in [-0.39, 0.29) is 4.93 Å². The van der Waals surface area contributed by atoms with E-state index in [0.29, 0.717) is 0 Å². The smallest absolute Gasteiger partial charge is 0.153 e. The van der Waals surface area contributed by atoms with Gasteiger partial charge in [-0.15, -0.1) is 0 Å². The van der Waals surface area contributed by atoms with E-state index in [1.807, 2.05) is 0 Å². The fourth-order valence-electron chi connectivity index (χ4n) is 1.24. The standard InChI is InChI=1S/C9H18OS/c1-3-5-7-9(10-11-9)8-6-4-2/h3-8H2,1-2H3. The van der Waals surface area contributed by atoms with Crippen LogP contribution in [-0.2, 0) is 4.18 Å². The van der Waals surface area contributed by atoms with Crippen LogP contribution in [0.3, 0.4) is 0 Å². The Morgan fingerprint density at radius 2 is 1.55 bits per heavy atom. The Morgan fingerprint density at radius 1 is 1.09 bits per heavy atom. The molecule has 0 saturated carbocycles. The highest BCUT2D eigenvalue weighted by Crippen LogP contribution is 2.54. The van der Waals surface area contributed by atoms with Crippen molar-refractivity contribution in [3.63, 3.8) is 0 Å². The van der Waals surface area contributed by atoms with Crippen molar-refractivity contribution in [1.82, 2.24) is 0 Å². The lowest BCUT2D eigenvalue weighted by Crippen LogP contribution is -2.07. The molecule has 0 bridgehead atoms. The zero-order valence-electron chi connectivity index (χ0n) is 7.56. The molecular weight excluding hydrogens is 156 g/mol. The third kappa shape index (κ3) is 3.04. The molecule has 0 aromatic heterocycles. The molecule has 1 saturated heterocycles. The Morgan fingerprint density at radius 3 is 1.82 bits per heavy atom. The van der Waals surface area contributed by atoms with E-state index in [1.54, 1.807) is 12.0 Å². The first-order chi connectivity index (χ1) is 5.33. The van der Waals surface area contributed by atoms with E-state index in [4.69, 9.17) is 4.18 Å². The molecular formula is C9H18OS. The van der Waals surface area contributed by atoms with Crippen molar-refractivity contribution in [2.24, 2.45) is 0 Å². The highest BCUT2D eigenvalue weighted by atomic mass is 32.2. The third-order valence-corrected chi connectivity index (χ3v) is 3.19. The molecule has 0 atom stereocenters. The van der Waals surface area contributed by atoms with Gasteiger partial charge in [0.15, 0.2) is 4.93 Å². The number of rotatable bonds is 6. The second-order valence-corrected chi connectivity index (χ2v) is 4.36. The average Bonchev–Trinajstić information content (AvgIpc) is 2.79. The summed E-state index contributed by atoms with van der Waals surface area (Å²) in [5.74, 6) is 0. The zero-order chi connectivity index (χ0) is 8.16. The minimum absolute atomic E-state index is 0.270. The van der Waals surface area contributed by atoms with Gasteiger partial charge in [0.25, 0.3) is 0 Å². The maximum atomic E-state index is 5.42. The van der Waals surface area contributed by atoms with Crippen molar-refractivity contribution in [3.05, 3.63) is 0 Å². The van der Waals surface area contributed by atoms with Gasteiger partial charge in [-0.05, 0) is 25.7 Å². The average molecular weight is 174 g/mol. The molecule has 0 aromatic rings. The summed E-state index contributed by atoms with van der Waals surface area (Å²) in [5, 5.41) is 0. The minimum Gasteiger partial charge on any atom is -0.293 e. The normalized spacial score (nSPS) is 20.2. The summed E-state index contributed by atoms with van der Waals surface area (Å²) in [5.41, 5.74) is 0. The molecule has 0 aromatic carbocycles. The molecule has 0 unspecified atom stereocenters. The van der Waals surface area contributed by atoms with Crippen molar-refractivity contribution >= 4 is 12.0 Å². The van der Waals surface area contributed by atoms with Gasteiger partial charge in [-0.1, -0.05) is 26.7 Å². The van der Waals surface area contributed by atoms with Gasteiger partial charge < -0.3 is 0 Å². The summed E-state index contributed by atoms with van der Waals surface area (Å²) in [6.45, 7) is 4.47. The molecule has 1 fully saturated rings. The first-order valence-electron chi connectivity index (χ1n) is 4.70. The second-order valence-electron chi connectivity index (χ2n) is 3.28. The summed E-state index contributed by atoms with van der Waals surface area (Å²) < 4.78 is 5.42. The largest absolute Gasteiger partial charge is 0.293 e. The quantitative estimate of drug-likeness (QED) is 0.449. The monoisotopic (exact) mass is 174 g/mol. The summed E-state index contributed by atoms with van der Waals surface area (Å²) in [7, 11) is 0. The molecule has 1 heterocycles. The summed E-state index contributed by atoms with van der Waals surface area (Å²) in [6, 6.07) is 0. The Bertz CT molecular complexity index is 100. The van der Waals surface area contributed by atoms with Gasteiger partial charge in [0, 0.05) is 12.0 Å². The van der Waals surface area contributed by atoms with E-state index >= 15 is 0 Å². The lowest BCUT2D eigenvalue weighted by atomic mass is 10.1. The molecule has 1 nitrogen and oxygen atoms in total. The molecule has 0 N–H and O–H groups in total. The van der Waals surface area contributed by atoms with Crippen LogP contribution in [0.4, 0.5) is 0 Å². The number of hydrogen-bond donors (Lipinski definition) is 0. The van der Waals surface area contributed by atoms with Gasteiger partial charge in [-0.3, -0.25) is 4.18 Å². The molecule has 66 valence electrons. The Labute approximate surface area is 74.1 Å². The van der Waals surface area contributed by atoms with E-state index in [0.717, 1.165) is 0 Å². The molecule has 1 aliphatic heterocycles. The second kappa shape index (κ2) is 4.36. The molecule has 11 heavy (non-hydrogen) atoms. The molecule has 1 aliphatic rings. The first kappa shape index (κ1) is 9.40. The van der Waals surface area contributed by atoms with Crippen molar-refractivity contribution in [2.75, 3.05) is 0 Å². The van der Waals surface area contributed by atoms with Crippen LogP contribution < -0.4 is 0 Å². The molecule has 0 amide bonds. The van der Waals surface area contributed by atoms with E-state index < -0.39 is 0 Å². The van der Waals surface area contributed by atoms with Gasteiger partial charge in [-0.2, -0.15) is 0 Å². The molecule has 0 spiro atoms. The molecule has 0 radical (unpaired) electrons. The molecule has 0 aliphatic carbocycles. The van der Waals surface area contributed by atoms with Gasteiger partial charge in [-0.25, -0.2) is 0 Å². The van der Waals surface area contributed by atoms with Gasteiger partial charge in [0.2, 0.25) is 0 Å². The van der Waals surface area contributed by atoms with Gasteiger partial charge >= 0.3 is 0 Å². The maximum Gasteiger partial charge on any atom is 0.153 e. The lowest BCUT2D eigenvalue weighted by Gasteiger charge is -2.06. The van der Waals surface area contributed by atoms with Crippen LogP contribution in [0.25, 0.3) is 0 Å².